The quantitative estimate of drug-likeness (QED) is 0.859. The minimum Gasteiger partial charge on any atom is -0.481 e. The number of hydrogen-bond donors (Lipinski definition) is 1. The Morgan fingerprint density at radius 2 is 2.00 bits per heavy atom. The first-order valence-corrected chi connectivity index (χ1v) is 6.82. The number of aromatic nitrogens is 2. The SMILES string of the molecule is CCC(CC(=O)O)(c1ccc(F)cc1)c1ccnc(Cl)n1. The van der Waals surface area contributed by atoms with Gasteiger partial charge in [0.15, 0.2) is 0 Å². The summed E-state index contributed by atoms with van der Waals surface area (Å²) in [7, 11) is 0. The molecule has 1 unspecified atom stereocenters. The van der Waals surface area contributed by atoms with Crippen LogP contribution >= 0.6 is 11.6 Å². The van der Waals surface area contributed by atoms with Crippen LogP contribution < -0.4 is 0 Å². The highest BCUT2D eigenvalue weighted by atomic mass is 35.5. The number of aliphatic carboxylic acids is 1. The summed E-state index contributed by atoms with van der Waals surface area (Å²) < 4.78 is 13.1. The molecule has 1 aromatic carbocycles. The number of carbonyl (C=O) groups is 1. The van der Waals surface area contributed by atoms with Gasteiger partial charge in [-0.2, -0.15) is 0 Å². The number of rotatable bonds is 5. The molecule has 1 aromatic heterocycles. The van der Waals surface area contributed by atoms with Crippen molar-refractivity contribution in [3.05, 3.63) is 58.9 Å². The van der Waals surface area contributed by atoms with Crippen molar-refractivity contribution >= 4 is 17.6 Å². The zero-order valence-corrected chi connectivity index (χ0v) is 12.1. The van der Waals surface area contributed by atoms with Gasteiger partial charge in [0.25, 0.3) is 0 Å². The summed E-state index contributed by atoms with van der Waals surface area (Å²) in [5.41, 5.74) is 0.328. The fraction of sp³-hybridized carbons (Fsp3) is 0.267. The van der Waals surface area contributed by atoms with Crippen LogP contribution in [0.15, 0.2) is 36.5 Å². The lowest BCUT2D eigenvalue weighted by Crippen LogP contribution is -2.31. The summed E-state index contributed by atoms with van der Waals surface area (Å²) >= 11 is 5.83. The summed E-state index contributed by atoms with van der Waals surface area (Å²) in [6.07, 6.45) is 1.81. The van der Waals surface area contributed by atoms with Gasteiger partial charge in [0, 0.05) is 11.6 Å². The van der Waals surface area contributed by atoms with Crippen molar-refractivity contribution in [2.24, 2.45) is 0 Å². The number of hydrogen-bond acceptors (Lipinski definition) is 3. The molecule has 1 N–H and O–H groups in total. The maximum atomic E-state index is 13.1. The van der Waals surface area contributed by atoms with E-state index >= 15 is 0 Å². The predicted molar refractivity (Wildman–Crippen MR) is 76.8 cm³/mol. The molecule has 0 saturated heterocycles. The van der Waals surface area contributed by atoms with Crippen molar-refractivity contribution < 1.29 is 14.3 Å². The molecule has 0 saturated carbocycles. The van der Waals surface area contributed by atoms with E-state index in [0.717, 1.165) is 0 Å². The lowest BCUT2D eigenvalue weighted by molar-refractivity contribution is -0.138. The zero-order chi connectivity index (χ0) is 15.5. The molecule has 0 fully saturated rings. The van der Waals surface area contributed by atoms with Gasteiger partial charge >= 0.3 is 5.97 Å². The summed E-state index contributed by atoms with van der Waals surface area (Å²) in [6, 6.07) is 7.42. The van der Waals surface area contributed by atoms with Crippen LogP contribution in [0.5, 0.6) is 0 Å². The third-order valence-corrected chi connectivity index (χ3v) is 3.75. The van der Waals surface area contributed by atoms with Gasteiger partial charge in [0.1, 0.15) is 5.82 Å². The van der Waals surface area contributed by atoms with Gasteiger partial charge in [-0.3, -0.25) is 4.79 Å². The molecule has 6 heteroatoms. The molecular weight excluding hydrogens is 295 g/mol. The van der Waals surface area contributed by atoms with E-state index in [2.05, 4.69) is 9.97 Å². The van der Waals surface area contributed by atoms with Crippen molar-refractivity contribution in [1.82, 2.24) is 9.97 Å². The molecule has 1 atom stereocenters. The van der Waals surface area contributed by atoms with Crippen LogP contribution in [0.2, 0.25) is 5.28 Å². The van der Waals surface area contributed by atoms with Crippen LogP contribution in [0.3, 0.4) is 0 Å². The van der Waals surface area contributed by atoms with E-state index in [1.165, 1.54) is 18.3 Å². The fourth-order valence-corrected chi connectivity index (χ4v) is 2.63. The molecule has 4 nitrogen and oxygen atoms in total. The molecule has 110 valence electrons. The molecule has 21 heavy (non-hydrogen) atoms. The van der Waals surface area contributed by atoms with E-state index in [0.29, 0.717) is 17.7 Å². The van der Waals surface area contributed by atoms with E-state index in [1.807, 2.05) is 6.92 Å². The predicted octanol–water partition coefficient (Wildman–Crippen LogP) is 3.44. The van der Waals surface area contributed by atoms with Gasteiger partial charge in [-0.15, -0.1) is 0 Å². The van der Waals surface area contributed by atoms with Gasteiger partial charge in [-0.05, 0) is 41.8 Å². The largest absolute Gasteiger partial charge is 0.481 e. The number of carboxylic acid groups (broad SMARTS) is 1. The van der Waals surface area contributed by atoms with Crippen LogP contribution in [0.1, 0.15) is 31.0 Å². The Labute approximate surface area is 126 Å². The topological polar surface area (TPSA) is 63.1 Å². The standard InChI is InChI=1S/C15H14ClFN2O2/c1-2-15(9-13(20)21,10-3-5-11(17)6-4-10)12-7-8-18-14(16)19-12/h3-8H,2,9H2,1H3,(H,20,21). The van der Waals surface area contributed by atoms with E-state index in [1.54, 1.807) is 18.2 Å². The van der Waals surface area contributed by atoms with Crippen molar-refractivity contribution in [1.29, 1.82) is 0 Å². The average Bonchev–Trinajstić information content (AvgIpc) is 2.45. The number of carboxylic acids is 1. The first-order valence-electron chi connectivity index (χ1n) is 6.45. The van der Waals surface area contributed by atoms with Crippen LogP contribution in [-0.2, 0) is 10.2 Å². The van der Waals surface area contributed by atoms with Gasteiger partial charge in [0.2, 0.25) is 5.28 Å². The highest BCUT2D eigenvalue weighted by Gasteiger charge is 2.36. The normalized spacial score (nSPS) is 13.7. The molecule has 0 radical (unpaired) electrons. The number of halogens is 2. The van der Waals surface area contributed by atoms with Gasteiger partial charge in [0.05, 0.1) is 12.1 Å². The smallest absolute Gasteiger partial charge is 0.304 e. The third kappa shape index (κ3) is 3.19. The van der Waals surface area contributed by atoms with E-state index in [4.69, 9.17) is 11.6 Å². The molecule has 2 rings (SSSR count). The molecule has 0 bridgehead atoms. The maximum Gasteiger partial charge on any atom is 0.304 e. The van der Waals surface area contributed by atoms with Gasteiger partial charge in [-0.25, -0.2) is 14.4 Å². The summed E-state index contributed by atoms with van der Waals surface area (Å²) in [6.45, 7) is 1.86. The lowest BCUT2D eigenvalue weighted by atomic mass is 9.72. The maximum absolute atomic E-state index is 13.1. The summed E-state index contributed by atoms with van der Waals surface area (Å²) in [5.74, 6) is -1.34. The first kappa shape index (κ1) is 15.4. The van der Waals surface area contributed by atoms with Gasteiger partial charge in [-0.1, -0.05) is 19.1 Å². The molecule has 1 heterocycles. The Kier molecular flexibility index (Phi) is 4.53. The Morgan fingerprint density at radius 3 is 2.52 bits per heavy atom. The van der Waals surface area contributed by atoms with Gasteiger partial charge < -0.3 is 5.11 Å². The average molecular weight is 309 g/mol. The minimum atomic E-state index is -0.962. The molecule has 0 aliphatic heterocycles. The minimum absolute atomic E-state index is 0.0535. The van der Waals surface area contributed by atoms with Crippen molar-refractivity contribution in [2.75, 3.05) is 0 Å². The second kappa shape index (κ2) is 6.18. The van der Waals surface area contributed by atoms with E-state index < -0.39 is 11.4 Å². The molecule has 0 amide bonds. The Balaban J connectivity index is 2.62. The third-order valence-electron chi connectivity index (χ3n) is 3.57. The van der Waals surface area contributed by atoms with Crippen LogP contribution in [-0.4, -0.2) is 21.0 Å². The van der Waals surface area contributed by atoms with E-state index in [9.17, 15) is 14.3 Å². The first-order chi connectivity index (χ1) is 9.98. The summed E-state index contributed by atoms with van der Waals surface area (Å²) in [5, 5.41) is 9.33. The van der Waals surface area contributed by atoms with E-state index in [-0.39, 0.29) is 17.5 Å². The van der Waals surface area contributed by atoms with Crippen molar-refractivity contribution in [2.45, 2.75) is 25.2 Å². The Hall–Kier alpha value is -2.01. The monoisotopic (exact) mass is 308 g/mol. The van der Waals surface area contributed by atoms with Crippen molar-refractivity contribution in [3.63, 3.8) is 0 Å². The zero-order valence-electron chi connectivity index (χ0n) is 11.4. The second-order valence-corrected chi connectivity index (χ2v) is 5.06. The molecule has 0 aliphatic carbocycles. The van der Waals surface area contributed by atoms with Crippen LogP contribution in [0.25, 0.3) is 0 Å². The summed E-state index contributed by atoms with van der Waals surface area (Å²) in [4.78, 5) is 19.3. The molecular formula is C15H14ClFN2O2. The van der Waals surface area contributed by atoms with Crippen molar-refractivity contribution in [3.8, 4) is 0 Å². The number of benzene rings is 1. The molecule has 0 spiro atoms. The number of nitrogens with zero attached hydrogens (tertiary/aromatic N) is 2. The fourth-order valence-electron chi connectivity index (χ4n) is 2.48. The molecule has 2 aromatic rings. The highest BCUT2D eigenvalue weighted by molar-refractivity contribution is 6.28. The Morgan fingerprint density at radius 1 is 1.33 bits per heavy atom. The lowest BCUT2D eigenvalue weighted by Gasteiger charge is -2.31. The highest BCUT2D eigenvalue weighted by Crippen LogP contribution is 2.38. The van der Waals surface area contributed by atoms with Crippen LogP contribution in [0, 0.1) is 5.82 Å². The van der Waals surface area contributed by atoms with Crippen LogP contribution in [0.4, 0.5) is 4.39 Å². The molecule has 0 aliphatic rings. The Bertz CT molecular complexity index is 648. The second-order valence-electron chi connectivity index (χ2n) is 4.72.